The molecule has 16 heavy (non-hydrogen) atoms. The molecule has 1 aliphatic carbocycles. The number of aryl methyl sites for hydroxylation is 1. The fourth-order valence-corrected chi connectivity index (χ4v) is 2.42. The fraction of sp³-hybridized carbons (Fsp3) is 0.250. The molecule has 0 nitrogen and oxygen atoms in total. The lowest BCUT2D eigenvalue weighted by Crippen LogP contribution is -2.01. The number of allylic oxidation sites excluding steroid dienone is 2. The summed E-state index contributed by atoms with van der Waals surface area (Å²) in [7, 11) is 0. The highest BCUT2D eigenvalue weighted by Gasteiger charge is 2.12. The molecule has 0 unspecified atom stereocenters. The third kappa shape index (κ3) is 1.76. The molecule has 0 spiro atoms. The van der Waals surface area contributed by atoms with Crippen LogP contribution in [0.1, 0.15) is 41.2 Å². The van der Waals surface area contributed by atoms with Crippen LogP contribution in [0.3, 0.4) is 0 Å². The zero-order valence-corrected chi connectivity index (χ0v) is 10.1. The van der Waals surface area contributed by atoms with Crippen molar-refractivity contribution in [1.29, 1.82) is 0 Å². The van der Waals surface area contributed by atoms with Gasteiger partial charge < -0.3 is 0 Å². The van der Waals surface area contributed by atoms with Gasteiger partial charge in [-0.15, -0.1) is 0 Å². The van der Waals surface area contributed by atoms with Crippen molar-refractivity contribution in [1.82, 2.24) is 0 Å². The summed E-state index contributed by atoms with van der Waals surface area (Å²) in [5.41, 5.74) is 6.81. The Hall–Kier alpha value is -1.56. The first-order chi connectivity index (χ1) is 7.77. The van der Waals surface area contributed by atoms with Gasteiger partial charge in [0, 0.05) is 0 Å². The predicted octanol–water partition coefficient (Wildman–Crippen LogP) is 4.63. The molecule has 1 aliphatic rings. The molecule has 0 heteroatoms. The van der Waals surface area contributed by atoms with E-state index in [2.05, 4.69) is 50.8 Å². The van der Waals surface area contributed by atoms with E-state index in [-0.39, 0.29) is 0 Å². The molecule has 0 atom stereocenters. The summed E-state index contributed by atoms with van der Waals surface area (Å²) in [5, 5.41) is 0. The maximum Gasteiger partial charge on any atom is -0.0147 e. The molecule has 0 N–H and O–H groups in total. The van der Waals surface area contributed by atoms with Crippen molar-refractivity contribution < 1.29 is 0 Å². The van der Waals surface area contributed by atoms with Crippen LogP contribution < -0.4 is 0 Å². The molecule has 2 rings (SSSR count). The van der Waals surface area contributed by atoms with Gasteiger partial charge in [-0.2, -0.15) is 0 Å². The number of fused-ring (bicyclic) bond motifs is 1. The van der Waals surface area contributed by atoms with Gasteiger partial charge >= 0.3 is 0 Å². The van der Waals surface area contributed by atoms with Crippen LogP contribution in [0.15, 0.2) is 24.8 Å². The molecule has 0 aromatic heterocycles. The van der Waals surface area contributed by atoms with Crippen molar-refractivity contribution in [3.8, 4) is 0 Å². The Morgan fingerprint density at radius 2 is 2.12 bits per heavy atom. The maximum atomic E-state index is 3.93. The van der Waals surface area contributed by atoms with Gasteiger partial charge in [0.2, 0.25) is 0 Å². The highest BCUT2D eigenvalue weighted by atomic mass is 14.2. The third-order valence-electron chi connectivity index (χ3n) is 3.16. The van der Waals surface area contributed by atoms with E-state index in [1.54, 1.807) is 0 Å². The van der Waals surface area contributed by atoms with Crippen LogP contribution in [0.5, 0.6) is 0 Å². The number of hydrogen-bond acceptors (Lipinski definition) is 0. The number of rotatable bonds is 2. The minimum atomic E-state index is 1.15. The van der Waals surface area contributed by atoms with Crippen LogP contribution in [0.25, 0.3) is 18.2 Å². The molecule has 1 aromatic rings. The molecular formula is C16H18. The van der Waals surface area contributed by atoms with E-state index in [0.29, 0.717) is 0 Å². The van der Waals surface area contributed by atoms with E-state index < -0.39 is 0 Å². The van der Waals surface area contributed by atoms with Gasteiger partial charge in [-0.05, 0) is 54.5 Å². The Morgan fingerprint density at radius 3 is 2.81 bits per heavy atom. The van der Waals surface area contributed by atoms with Crippen LogP contribution in [-0.4, -0.2) is 0 Å². The standard InChI is InChI=1S/C16H18/c1-4-8-16-14(5-2)12(3)11-13-9-6-7-10-15(13)16/h4-6,8-9,11H,2,7,10H2,1,3H3/b8-4-. The second-order valence-electron chi connectivity index (χ2n) is 4.23. The first-order valence-electron chi connectivity index (χ1n) is 5.86. The van der Waals surface area contributed by atoms with E-state index in [1.807, 2.05) is 6.08 Å². The average Bonchev–Trinajstić information content (AvgIpc) is 2.29. The van der Waals surface area contributed by atoms with Gasteiger partial charge in [0.1, 0.15) is 0 Å². The van der Waals surface area contributed by atoms with Gasteiger partial charge in [-0.1, -0.05) is 43.0 Å². The quantitative estimate of drug-likeness (QED) is 0.667. The molecule has 1 aromatic carbocycles. The lowest BCUT2D eigenvalue weighted by molar-refractivity contribution is 0.979. The fourth-order valence-electron chi connectivity index (χ4n) is 2.42. The summed E-state index contributed by atoms with van der Waals surface area (Å²) in [5.74, 6) is 0. The number of benzene rings is 1. The van der Waals surface area contributed by atoms with Crippen molar-refractivity contribution in [2.24, 2.45) is 0 Å². The van der Waals surface area contributed by atoms with E-state index in [1.165, 1.54) is 27.8 Å². The Kier molecular flexibility index (Phi) is 3.09. The maximum absolute atomic E-state index is 3.93. The molecular weight excluding hydrogens is 192 g/mol. The molecule has 0 amide bonds. The second-order valence-corrected chi connectivity index (χ2v) is 4.23. The first-order valence-corrected chi connectivity index (χ1v) is 5.86. The molecule has 0 radical (unpaired) electrons. The normalized spacial score (nSPS) is 14.1. The summed E-state index contributed by atoms with van der Waals surface area (Å²) < 4.78 is 0. The summed E-state index contributed by atoms with van der Waals surface area (Å²) in [4.78, 5) is 0. The van der Waals surface area contributed by atoms with E-state index in [4.69, 9.17) is 0 Å². The zero-order valence-electron chi connectivity index (χ0n) is 10.1. The molecule has 0 fully saturated rings. The Balaban J connectivity index is 2.74. The Bertz CT molecular complexity index is 473. The van der Waals surface area contributed by atoms with Crippen LogP contribution in [-0.2, 0) is 6.42 Å². The monoisotopic (exact) mass is 210 g/mol. The summed E-state index contributed by atoms with van der Waals surface area (Å²) in [6, 6.07) is 2.27. The smallest absolute Gasteiger partial charge is 0.0147 e. The highest BCUT2D eigenvalue weighted by molar-refractivity contribution is 5.75. The Morgan fingerprint density at radius 1 is 1.31 bits per heavy atom. The first kappa shape index (κ1) is 10.9. The predicted molar refractivity (Wildman–Crippen MR) is 73.3 cm³/mol. The van der Waals surface area contributed by atoms with Crippen LogP contribution in [0, 0.1) is 6.92 Å². The molecule has 0 saturated carbocycles. The summed E-state index contributed by atoms with van der Waals surface area (Å²) in [6.07, 6.45) is 13.1. The van der Waals surface area contributed by atoms with Crippen molar-refractivity contribution in [2.45, 2.75) is 26.7 Å². The molecule has 0 bridgehead atoms. The minimum Gasteiger partial charge on any atom is -0.0984 e. The van der Waals surface area contributed by atoms with Crippen LogP contribution >= 0.6 is 0 Å². The summed E-state index contributed by atoms with van der Waals surface area (Å²) in [6.45, 7) is 8.16. The Labute approximate surface area is 98.0 Å². The van der Waals surface area contributed by atoms with Crippen molar-refractivity contribution in [3.63, 3.8) is 0 Å². The van der Waals surface area contributed by atoms with Gasteiger partial charge in [0.05, 0.1) is 0 Å². The molecule has 0 saturated heterocycles. The van der Waals surface area contributed by atoms with E-state index >= 15 is 0 Å². The third-order valence-corrected chi connectivity index (χ3v) is 3.16. The molecule has 0 aliphatic heterocycles. The minimum absolute atomic E-state index is 1.15. The largest absolute Gasteiger partial charge is 0.0984 e. The van der Waals surface area contributed by atoms with E-state index in [0.717, 1.165) is 12.8 Å². The molecule has 82 valence electrons. The lowest BCUT2D eigenvalue weighted by Gasteiger charge is -2.18. The van der Waals surface area contributed by atoms with Gasteiger partial charge in [0.25, 0.3) is 0 Å². The van der Waals surface area contributed by atoms with Gasteiger partial charge in [0.15, 0.2) is 0 Å². The zero-order chi connectivity index (χ0) is 11.5. The van der Waals surface area contributed by atoms with Gasteiger partial charge in [-0.3, -0.25) is 0 Å². The average molecular weight is 210 g/mol. The van der Waals surface area contributed by atoms with Crippen molar-refractivity contribution >= 4 is 18.2 Å². The molecule has 0 heterocycles. The second kappa shape index (κ2) is 4.52. The highest BCUT2D eigenvalue weighted by Crippen LogP contribution is 2.30. The summed E-state index contributed by atoms with van der Waals surface area (Å²) >= 11 is 0. The lowest BCUT2D eigenvalue weighted by atomic mass is 9.87. The van der Waals surface area contributed by atoms with Gasteiger partial charge in [-0.25, -0.2) is 0 Å². The van der Waals surface area contributed by atoms with Crippen molar-refractivity contribution in [2.75, 3.05) is 0 Å². The number of hydrogen-bond donors (Lipinski definition) is 0. The van der Waals surface area contributed by atoms with Crippen molar-refractivity contribution in [3.05, 3.63) is 52.6 Å². The van der Waals surface area contributed by atoms with Crippen LogP contribution in [0.2, 0.25) is 0 Å². The van der Waals surface area contributed by atoms with Crippen LogP contribution in [0.4, 0.5) is 0 Å². The van der Waals surface area contributed by atoms with E-state index in [9.17, 15) is 0 Å². The topological polar surface area (TPSA) is 0 Å². The SMILES string of the molecule is C=Cc1c(C)cc2c(c1/C=C\C)CCC=C2.